The van der Waals surface area contributed by atoms with E-state index < -0.39 is 0 Å². The van der Waals surface area contributed by atoms with E-state index >= 15 is 0 Å². The summed E-state index contributed by atoms with van der Waals surface area (Å²) in [5.41, 5.74) is 5.12. The molecule has 5 nitrogen and oxygen atoms in total. The van der Waals surface area contributed by atoms with Crippen LogP contribution in [0.5, 0.6) is 0 Å². The number of amides is 1. The topological polar surface area (TPSA) is 72.9 Å². The van der Waals surface area contributed by atoms with Crippen molar-refractivity contribution in [2.45, 2.75) is 33.0 Å². The molecule has 0 saturated carbocycles. The Bertz CT molecular complexity index is 308. The number of rotatable bonds is 5. The molecule has 0 aliphatic carbocycles. The van der Waals surface area contributed by atoms with Crippen molar-refractivity contribution in [2.75, 3.05) is 0 Å². The molecule has 0 aliphatic rings. The molecule has 0 aromatic carbocycles. The molecule has 14 heavy (non-hydrogen) atoms. The minimum Gasteiger partial charge on any atom is -0.368 e. The summed E-state index contributed by atoms with van der Waals surface area (Å²) in [5.74, 6) is 0.570. The number of hydrogen-bond acceptors (Lipinski definition) is 3. The van der Waals surface area contributed by atoms with Gasteiger partial charge < -0.3 is 10.3 Å². The van der Waals surface area contributed by atoms with Gasteiger partial charge in [-0.05, 0) is 13.8 Å². The highest BCUT2D eigenvalue weighted by atomic mass is 16.1. The van der Waals surface area contributed by atoms with Crippen LogP contribution in [0.25, 0.3) is 0 Å². The number of nitrogens with one attached hydrogen (secondary N) is 1. The third-order valence-corrected chi connectivity index (χ3v) is 2.14. The van der Waals surface area contributed by atoms with E-state index in [0.717, 1.165) is 12.4 Å². The largest absolute Gasteiger partial charge is 0.368 e. The van der Waals surface area contributed by atoms with E-state index in [2.05, 4.69) is 10.3 Å². The van der Waals surface area contributed by atoms with E-state index in [4.69, 9.17) is 5.73 Å². The van der Waals surface area contributed by atoms with Gasteiger partial charge in [-0.3, -0.25) is 10.1 Å². The van der Waals surface area contributed by atoms with E-state index in [1.54, 1.807) is 13.1 Å². The lowest BCUT2D eigenvalue weighted by atomic mass is 10.3. The predicted molar refractivity (Wildman–Crippen MR) is 53.4 cm³/mol. The highest BCUT2D eigenvalue weighted by Gasteiger charge is 2.08. The second-order valence-electron chi connectivity index (χ2n) is 3.13. The van der Waals surface area contributed by atoms with Crippen LogP contribution in [0.3, 0.4) is 0 Å². The summed E-state index contributed by atoms with van der Waals surface area (Å²) in [6.45, 7) is 5.22. The van der Waals surface area contributed by atoms with Gasteiger partial charge in [0.05, 0.1) is 12.6 Å². The normalized spacial score (nSPS) is 12.7. The lowest BCUT2D eigenvalue weighted by molar-refractivity contribution is -0.119. The Morgan fingerprint density at radius 3 is 3.07 bits per heavy atom. The van der Waals surface area contributed by atoms with E-state index in [1.807, 2.05) is 17.7 Å². The number of aryl methyl sites for hydroxylation is 1. The number of carbonyl (C=O) groups excluding carboxylic acids is 1. The quantitative estimate of drug-likeness (QED) is 0.688. The minimum absolute atomic E-state index is 0.322. The van der Waals surface area contributed by atoms with Gasteiger partial charge in [0.1, 0.15) is 5.82 Å². The molecule has 0 fully saturated rings. The Morgan fingerprint density at radius 1 is 1.79 bits per heavy atom. The second kappa shape index (κ2) is 4.76. The molecule has 1 aromatic rings. The third-order valence-electron chi connectivity index (χ3n) is 2.14. The van der Waals surface area contributed by atoms with E-state index in [0.29, 0.717) is 6.54 Å². The van der Waals surface area contributed by atoms with Gasteiger partial charge in [0.2, 0.25) is 5.91 Å². The summed E-state index contributed by atoms with van der Waals surface area (Å²) in [4.78, 5) is 14.9. The van der Waals surface area contributed by atoms with Gasteiger partial charge in [-0.2, -0.15) is 0 Å². The zero-order valence-electron chi connectivity index (χ0n) is 8.53. The van der Waals surface area contributed by atoms with Crippen molar-refractivity contribution in [1.29, 1.82) is 0 Å². The molecule has 78 valence electrons. The smallest absolute Gasteiger partial charge is 0.234 e. The van der Waals surface area contributed by atoms with Crippen LogP contribution < -0.4 is 11.1 Å². The maximum absolute atomic E-state index is 10.7. The molecular formula is C9H16N4O. The predicted octanol–water partition coefficient (Wildman–Crippen LogP) is -0.134. The fraction of sp³-hybridized carbons (Fsp3) is 0.556. The zero-order chi connectivity index (χ0) is 10.6. The van der Waals surface area contributed by atoms with Crippen molar-refractivity contribution in [1.82, 2.24) is 14.9 Å². The summed E-state index contributed by atoms with van der Waals surface area (Å²) >= 11 is 0. The summed E-state index contributed by atoms with van der Waals surface area (Å²) in [6.07, 6.45) is 3.65. The Labute approximate surface area is 83.3 Å². The summed E-state index contributed by atoms with van der Waals surface area (Å²) in [7, 11) is 0. The molecular weight excluding hydrogens is 180 g/mol. The number of primary amides is 1. The number of imidazole rings is 1. The number of nitrogens with zero attached hydrogens (tertiary/aromatic N) is 2. The Morgan fingerprint density at radius 2 is 2.50 bits per heavy atom. The molecule has 1 heterocycles. The summed E-state index contributed by atoms with van der Waals surface area (Å²) in [6, 6.07) is -0.322. The Hall–Kier alpha value is -1.36. The lowest BCUT2D eigenvalue weighted by Crippen LogP contribution is -2.38. The van der Waals surface area contributed by atoms with Gasteiger partial charge in [-0.15, -0.1) is 0 Å². The number of carbonyl (C=O) groups is 1. The molecule has 0 spiro atoms. The molecule has 1 aromatic heterocycles. The van der Waals surface area contributed by atoms with E-state index in [1.165, 1.54) is 0 Å². The van der Waals surface area contributed by atoms with Gasteiger partial charge in [0, 0.05) is 18.9 Å². The molecule has 5 heteroatoms. The number of aromatic nitrogens is 2. The minimum atomic E-state index is -0.348. The maximum atomic E-state index is 10.7. The third kappa shape index (κ3) is 2.56. The van der Waals surface area contributed by atoms with Crippen LogP contribution in [0.4, 0.5) is 0 Å². The molecule has 3 N–H and O–H groups in total. The van der Waals surface area contributed by atoms with Crippen molar-refractivity contribution in [2.24, 2.45) is 5.73 Å². The fourth-order valence-corrected chi connectivity index (χ4v) is 1.14. The molecule has 0 radical (unpaired) electrons. The van der Waals surface area contributed by atoms with Gasteiger partial charge in [0.25, 0.3) is 0 Å². The fourth-order valence-electron chi connectivity index (χ4n) is 1.14. The maximum Gasteiger partial charge on any atom is 0.234 e. The first-order valence-corrected chi connectivity index (χ1v) is 4.67. The Kier molecular flexibility index (Phi) is 3.64. The lowest BCUT2D eigenvalue weighted by Gasteiger charge is -2.10. The summed E-state index contributed by atoms with van der Waals surface area (Å²) in [5, 5.41) is 3.00. The molecule has 1 atom stereocenters. The van der Waals surface area contributed by atoms with Gasteiger partial charge in [-0.25, -0.2) is 4.98 Å². The molecule has 0 saturated heterocycles. The van der Waals surface area contributed by atoms with Crippen LogP contribution in [-0.2, 0) is 17.9 Å². The highest BCUT2D eigenvalue weighted by Crippen LogP contribution is 1.97. The highest BCUT2D eigenvalue weighted by molar-refractivity contribution is 5.79. The summed E-state index contributed by atoms with van der Waals surface area (Å²) < 4.78 is 2.01. The second-order valence-corrected chi connectivity index (χ2v) is 3.13. The van der Waals surface area contributed by atoms with Gasteiger partial charge in [0.15, 0.2) is 0 Å². The van der Waals surface area contributed by atoms with Crippen LogP contribution in [-0.4, -0.2) is 21.5 Å². The molecule has 1 unspecified atom stereocenters. The van der Waals surface area contributed by atoms with Gasteiger partial charge >= 0.3 is 0 Å². The van der Waals surface area contributed by atoms with Crippen LogP contribution in [0.2, 0.25) is 0 Å². The first kappa shape index (κ1) is 10.7. The SMILES string of the molecule is CCn1ccnc1CNC(C)C(N)=O. The number of hydrogen-bond donors (Lipinski definition) is 2. The number of nitrogens with two attached hydrogens (primary N) is 1. The van der Waals surface area contributed by atoms with Crippen LogP contribution in [0.15, 0.2) is 12.4 Å². The standard InChI is InChI=1S/C9H16N4O/c1-3-13-5-4-11-8(13)6-12-7(2)9(10)14/h4-5,7,12H,3,6H2,1-2H3,(H2,10,14). The van der Waals surface area contributed by atoms with Crippen molar-refractivity contribution < 1.29 is 4.79 Å². The average Bonchev–Trinajstić information content (AvgIpc) is 2.60. The van der Waals surface area contributed by atoms with Crippen molar-refractivity contribution in [3.8, 4) is 0 Å². The average molecular weight is 196 g/mol. The van der Waals surface area contributed by atoms with Crippen LogP contribution in [0.1, 0.15) is 19.7 Å². The zero-order valence-corrected chi connectivity index (χ0v) is 8.53. The first-order valence-electron chi connectivity index (χ1n) is 4.67. The first-order chi connectivity index (χ1) is 6.65. The van der Waals surface area contributed by atoms with Crippen LogP contribution >= 0.6 is 0 Å². The molecule has 0 bridgehead atoms. The van der Waals surface area contributed by atoms with Crippen LogP contribution in [0, 0.1) is 0 Å². The van der Waals surface area contributed by atoms with E-state index in [-0.39, 0.29) is 11.9 Å². The van der Waals surface area contributed by atoms with Crippen molar-refractivity contribution in [3.05, 3.63) is 18.2 Å². The Balaban J connectivity index is 2.49. The molecule has 1 rings (SSSR count). The van der Waals surface area contributed by atoms with E-state index in [9.17, 15) is 4.79 Å². The molecule has 0 aliphatic heterocycles. The van der Waals surface area contributed by atoms with Crippen molar-refractivity contribution >= 4 is 5.91 Å². The monoisotopic (exact) mass is 196 g/mol. The van der Waals surface area contributed by atoms with Gasteiger partial charge in [-0.1, -0.05) is 0 Å². The van der Waals surface area contributed by atoms with Crippen molar-refractivity contribution in [3.63, 3.8) is 0 Å². The molecule has 1 amide bonds.